The standard InChI is InChI=1S/C25H23F2NO2/c26-21-9-6-17(14-22(21)27)10-13-28-12-3-11-25(16-28)15-23(29)20-8-7-18-4-1-2-5-19(18)24(20)30-25/h1-2,4-9,14H,3,10-13,15-16H2/t25-/m0/s1. The first-order valence-electron chi connectivity index (χ1n) is 10.4. The molecular formula is C25H23F2NO2. The maximum Gasteiger partial charge on any atom is 0.170 e. The maximum atomic E-state index is 13.5. The Bertz CT molecular complexity index is 1130. The lowest BCUT2D eigenvalue weighted by Gasteiger charge is -2.45. The van der Waals surface area contributed by atoms with Crippen LogP contribution in [-0.2, 0) is 6.42 Å². The van der Waals surface area contributed by atoms with E-state index in [1.807, 2.05) is 36.4 Å². The number of Topliss-reactive ketones (excluding diaryl/α,β-unsaturated/α-hetero) is 1. The number of hydrogen-bond donors (Lipinski definition) is 0. The van der Waals surface area contributed by atoms with Crippen LogP contribution in [0.5, 0.6) is 5.75 Å². The Labute approximate surface area is 174 Å². The highest BCUT2D eigenvalue weighted by molar-refractivity contribution is 6.06. The molecule has 5 heteroatoms. The van der Waals surface area contributed by atoms with Crippen LogP contribution in [0.3, 0.4) is 0 Å². The molecule has 30 heavy (non-hydrogen) atoms. The number of likely N-dealkylation sites (tertiary alicyclic amines) is 1. The zero-order valence-corrected chi connectivity index (χ0v) is 16.7. The lowest BCUT2D eigenvalue weighted by atomic mass is 9.83. The van der Waals surface area contributed by atoms with Gasteiger partial charge in [0.25, 0.3) is 0 Å². The maximum absolute atomic E-state index is 13.5. The minimum Gasteiger partial charge on any atom is -0.484 e. The monoisotopic (exact) mass is 407 g/mol. The predicted octanol–water partition coefficient (Wildman–Crippen LogP) is 5.16. The van der Waals surface area contributed by atoms with E-state index in [0.29, 0.717) is 37.2 Å². The van der Waals surface area contributed by atoms with Crippen molar-refractivity contribution in [2.24, 2.45) is 0 Å². The number of halogens is 2. The zero-order chi connectivity index (χ0) is 20.7. The lowest BCUT2D eigenvalue weighted by Crippen LogP contribution is -2.54. The SMILES string of the molecule is O=C1C[C@]2(CCCN(CCc3ccc(F)c(F)c3)C2)Oc2c1ccc1ccccc21. The lowest BCUT2D eigenvalue weighted by molar-refractivity contribution is -0.0164. The van der Waals surface area contributed by atoms with Gasteiger partial charge in [0.2, 0.25) is 0 Å². The fraction of sp³-hybridized carbons (Fsp3) is 0.320. The third kappa shape index (κ3) is 3.47. The molecule has 0 aliphatic carbocycles. The Morgan fingerprint density at radius 1 is 1.03 bits per heavy atom. The van der Waals surface area contributed by atoms with Gasteiger partial charge >= 0.3 is 0 Å². The van der Waals surface area contributed by atoms with E-state index in [2.05, 4.69) is 4.90 Å². The Morgan fingerprint density at radius 2 is 1.90 bits per heavy atom. The highest BCUT2D eigenvalue weighted by atomic mass is 19.2. The second kappa shape index (κ2) is 7.47. The quantitative estimate of drug-likeness (QED) is 0.601. The number of ether oxygens (including phenoxy) is 1. The van der Waals surface area contributed by atoms with Gasteiger partial charge in [-0.25, -0.2) is 8.78 Å². The molecule has 0 aromatic heterocycles. The Balaban J connectivity index is 1.37. The van der Waals surface area contributed by atoms with Gasteiger partial charge in [0.05, 0.1) is 12.0 Å². The second-order valence-corrected chi connectivity index (χ2v) is 8.43. The molecule has 2 heterocycles. The van der Waals surface area contributed by atoms with Crippen LogP contribution in [0, 0.1) is 11.6 Å². The van der Waals surface area contributed by atoms with E-state index in [9.17, 15) is 13.6 Å². The molecule has 3 nitrogen and oxygen atoms in total. The molecule has 0 amide bonds. The first-order chi connectivity index (χ1) is 14.5. The summed E-state index contributed by atoms with van der Waals surface area (Å²) in [6, 6.07) is 15.9. The van der Waals surface area contributed by atoms with Crippen molar-refractivity contribution >= 4 is 16.6 Å². The molecule has 154 valence electrons. The van der Waals surface area contributed by atoms with Gasteiger partial charge in [-0.05, 0) is 55.0 Å². The summed E-state index contributed by atoms with van der Waals surface area (Å²) in [5.74, 6) is -0.806. The molecule has 3 aromatic rings. The Morgan fingerprint density at radius 3 is 2.77 bits per heavy atom. The first-order valence-corrected chi connectivity index (χ1v) is 10.4. The van der Waals surface area contributed by atoms with Crippen LogP contribution in [0.2, 0.25) is 0 Å². The minimum absolute atomic E-state index is 0.129. The number of ketones is 1. The van der Waals surface area contributed by atoms with Crippen LogP contribution in [0.25, 0.3) is 10.8 Å². The van der Waals surface area contributed by atoms with Crippen molar-refractivity contribution in [3.8, 4) is 5.75 Å². The van der Waals surface area contributed by atoms with Crippen LogP contribution in [0.1, 0.15) is 35.2 Å². The molecule has 0 bridgehead atoms. The van der Waals surface area contributed by atoms with Crippen LogP contribution in [-0.4, -0.2) is 35.9 Å². The van der Waals surface area contributed by atoms with Crippen molar-refractivity contribution in [2.75, 3.05) is 19.6 Å². The van der Waals surface area contributed by atoms with Crippen molar-refractivity contribution < 1.29 is 18.3 Å². The third-order valence-corrected chi connectivity index (χ3v) is 6.30. The number of benzene rings is 3. The van der Waals surface area contributed by atoms with Gasteiger partial charge in [-0.2, -0.15) is 0 Å². The van der Waals surface area contributed by atoms with Gasteiger partial charge in [0, 0.05) is 18.5 Å². The predicted molar refractivity (Wildman–Crippen MR) is 112 cm³/mol. The average Bonchev–Trinajstić information content (AvgIpc) is 2.74. The van der Waals surface area contributed by atoms with Crippen molar-refractivity contribution in [1.29, 1.82) is 0 Å². The molecule has 1 spiro atoms. The summed E-state index contributed by atoms with van der Waals surface area (Å²) >= 11 is 0. The molecule has 2 aliphatic heterocycles. The molecular weight excluding hydrogens is 384 g/mol. The van der Waals surface area contributed by atoms with Gasteiger partial charge in [0.1, 0.15) is 11.4 Å². The van der Waals surface area contributed by atoms with E-state index in [-0.39, 0.29) is 5.78 Å². The molecule has 1 fully saturated rings. The summed E-state index contributed by atoms with van der Waals surface area (Å²) in [7, 11) is 0. The highest BCUT2D eigenvalue weighted by Gasteiger charge is 2.44. The number of fused-ring (bicyclic) bond motifs is 3. The van der Waals surface area contributed by atoms with Crippen LogP contribution >= 0.6 is 0 Å². The van der Waals surface area contributed by atoms with Gasteiger partial charge in [-0.15, -0.1) is 0 Å². The van der Waals surface area contributed by atoms with Gasteiger partial charge in [-0.1, -0.05) is 36.4 Å². The fourth-order valence-corrected chi connectivity index (χ4v) is 4.80. The smallest absolute Gasteiger partial charge is 0.170 e. The normalized spacial score (nSPS) is 21.6. The number of rotatable bonds is 3. The van der Waals surface area contributed by atoms with E-state index < -0.39 is 17.2 Å². The topological polar surface area (TPSA) is 29.5 Å². The van der Waals surface area contributed by atoms with Crippen molar-refractivity contribution in [1.82, 2.24) is 4.90 Å². The fourth-order valence-electron chi connectivity index (χ4n) is 4.80. The van der Waals surface area contributed by atoms with Gasteiger partial charge in [0.15, 0.2) is 17.4 Å². The molecule has 1 saturated heterocycles. The summed E-state index contributed by atoms with van der Waals surface area (Å²) in [4.78, 5) is 15.3. The number of carbonyl (C=O) groups is 1. The third-order valence-electron chi connectivity index (χ3n) is 6.30. The zero-order valence-electron chi connectivity index (χ0n) is 16.7. The van der Waals surface area contributed by atoms with Gasteiger partial charge < -0.3 is 4.74 Å². The number of hydrogen-bond acceptors (Lipinski definition) is 3. The summed E-state index contributed by atoms with van der Waals surface area (Å²) in [5, 5.41) is 2.04. The molecule has 1 atom stereocenters. The summed E-state index contributed by atoms with van der Waals surface area (Å²) in [5.41, 5.74) is 0.907. The number of piperidine rings is 1. The second-order valence-electron chi connectivity index (χ2n) is 8.43. The molecule has 0 unspecified atom stereocenters. The van der Waals surface area contributed by atoms with Crippen LogP contribution in [0.15, 0.2) is 54.6 Å². The van der Waals surface area contributed by atoms with E-state index >= 15 is 0 Å². The van der Waals surface area contributed by atoms with Gasteiger partial charge in [-0.3, -0.25) is 9.69 Å². The minimum atomic E-state index is -0.823. The van der Waals surface area contributed by atoms with Crippen LogP contribution in [0.4, 0.5) is 8.78 Å². The van der Waals surface area contributed by atoms with E-state index in [1.165, 1.54) is 12.1 Å². The molecule has 0 radical (unpaired) electrons. The van der Waals surface area contributed by atoms with Crippen molar-refractivity contribution in [3.05, 3.63) is 77.4 Å². The molecule has 5 rings (SSSR count). The molecule has 2 aliphatic rings. The van der Waals surface area contributed by atoms with E-state index in [0.717, 1.165) is 35.7 Å². The Hall–Kier alpha value is -2.79. The van der Waals surface area contributed by atoms with Crippen LogP contribution < -0.4 is 4.74 Å². The largest absolute Gasteiger partial charge is 0.484 e. The van der Waals surface area contributed by atoms with E-state index in [4.69, 9.17) is 4.74 Å². The molecule has 0 saturated carbocycles. The highest BCUT2D eigenvalue weighted by Crippen LogP contribution is 2.42. The first kappa shape index (κ1) is 19.2. The van der Waals surface area contributed by atoms with E-state index in [1.54, 1.807) is 6.07 Å². The summed E-state index contributed by atoms with van der Waals surface area (Å²) < 4.78 is 33.3. The number of carbonyl (C=O) groups excluding carboxylic acids is 1. The molecule has 0 N–H and O–H groups in total. The Kier molecular flexibility index (Phi) is 4.78. The van der Waals surface area contributed by atoms with Crippen molar-refractivity contribution in [2.45, 2.75) is 31.3 Å². The van der Waals surface area contributed by atoms with Crippen molar-refractivity contribution in [3.63, 3.8) is 0 Å². The molecule has 3 aromatic carbocycles. The average molecular weight is 407 g/mol. The number of nitrogens with zero attached hydrogens (tertiary/aromatic N) is 1. The summed E-state index contributed by atoms with van der Waals surface area (Å²) in [6.45, 7) is 2.28. The summed E-state index contributed by atoms with van der Waals surface area (Å²) in [6.07, 6.45) is 2.77.